The fourth-order valence-electron chi connectivity index (χ4n) is 3.55. The summed E-state index contributed by atoms with van der Waals surface area (Å²) in [5, 5.41) is 9.67. The van der Waals surface area contributed by atoms with Gasteiger partial charge >= 0.3 is 5.97 Å². The van der Waals surface area contributed by atoms with Gasteiger partial charge in [-0.1, -0.05) is 41.5 Å². The van der Waals surface area contributed by atoms with Crippen molar-refractivity contribution >= 4 is 5.97 Å². The Balaban J connectivity index is 2.82. The van der Waals surface area contributed by atoms with Gasteiger partial charge in [0.05, 0.1) is 5.41 Å². The summed E-state index contributed by atoms with van der Waals surface area (Å²) in [4.78, 5) is 14.2. The van der Waals surface area contributed by atoms with E-state index in [1.165, 1.54) is 12.8 Å². The van der Waals surface area contributed by atoms with Gasteiger partial charge in [0, 0.05) is 12.6 Å². The minimum Gasteiger partial charge on any atom is -0.481 e. The molecule has 0 bridgehead atoms. The number of carboxylic acids is 1. The number of nitrogens with zero attached hydrogens (tertiary/aromatic N) is 1. The Labute approximate surface area is 124 Å². The van der Waals surface area contributed by atoms with Crippen LogP contribution in [0.3, 0.4) is 0 Å². The Morgan fingerprint density at radius 2 is 1.60 bits per heavy atom. The molecule has 1 N–H and O–H groups in total. The number of rotatable bonds is 7. The van der Waals surface area contributed by atoms with Crippen LogP contribution in [0.1, 0.15) is 60.8 Å². The van der Waals surface area contributed by atoms with Crippen LogP contribution in [-0.4, -0.2) is 35.1 Å². The summed E-state index contributed by atoms with van der Waals surface area (Å²) < 4.78 is 0. The zero-order valence-electron chi connectivity index (χ0n) is 14.1. The van der Waals surface area contributed by atoms with E-state index in [0.29, 0.717) is 17.9 Å². The number of carbonyl (C=O) groups is 1. The third-order valence-electron chi connectivity index (χ3n) is 4.86. The standard InChI is InChI=1S/C17H33NO2/c1-12(2)9-15(10-13(3)4)18-8-7-17(11-18,14(5)6)16(19)20/h12-15H,7-11H2,1-6H3,(H,19,20). The molecule has 0 spiro atoms. The smallest absolute Gasteiger partial charge is 0.311 e. The molecule has 0 saturated carbocycles. The summed E-state index contributed by atoms with van der Waals surface area (Å²) in [7, 11) is 0. The van der Waals surface area contributed by atoms with Gasteiger partial charge in [0.1, 0.15) is 0 Å². The van der Waals surface area contributed by atoms with Crippen LogP contribution in [0.5, 0.6) is 0 Å². The molecule has 0 radical (unpaired) electrons. The summed E-state index contributed by atoms with van der Waals surface area (Å²) in [5.41, 5.74) is -0.536. The molecule has 0 aromatic rings. The Kier molecular flexibility index (Phi) is 6.06. The molecule has 0 amide bonds. The van der Waals surface area contributed by atoms with Crippen LogP contribution in [0.2, 0.25) is 0 Å². The highest BCUT2D eigenvalue weighted by Crippen LogP contribution is 2.40. The zero-order chi connectivity index (χ0) is 15.5. The second-order valence-corrected chi connectivity index (χ2v) is 7.75. The van der Waals surface area contributed by atoms with E-state index in [4.69, 9.17) is 0 Å². The molecule has 1 rings (SSSR count). The summed E-state index contributed by atoms with van der Waals surface area (Å²) in [5.74, 6) is 0.918. The predicted octanol–water partition coefficient (Wildman–Crippen LogP) is 3.88. The fourth-order valence-corrected chi connectivity index (χ4v) is 3.55. The second kappa shape index (κ2) is 6.93. The van der Waals surface area contributed by atoms with E-state index in [9.17, 15) is 9.90 Å². The molecule has 20 heavy (non-hydrogen) atoms. The summed E-state index contributed by atoms with van der Waals surface area (Å²) in [6.07, 6.45) is 3.14. The lowest BCUT2D eigenvalue weighted by Crippen LogP contribution is -2.42. The van der Waals surface area contributed by atoms with Crippen LogP contribution >= 0.6 is 0 Å². The molecule has 1 unspecified atom stereocenters. The molecule has 1 aliphatic heterocycles. The van der Waals surface area contributed by atoms with Gasteiger partial charge in [-0.25, -0.2) is 0 Å². The topological polar surface area (TPSA) is 40.5 Å². The molecule has 3 nitrogen and oxygen atoms in total. The van der Waals surface area contributed by atoms with Crippen molar-refractivity contribution in [3.05, 3.63) is 0 Å². The second-order valence-electron chi connectivity index (χ2n) is 7.75. The van der Waals surface area contributed by atoms with Crippen molar-refractivity contribution in [2.24, 2.45) is 23.2 Å². The van der Waals surface area contributed by atoms with Crippen molar-refractivity contribution in [3.63, 3.8) is 0 Å². The van der Waals surface area contributed by atoms with E-state index >= 15 is 0 Å². The van der Waals surface area contributed by atoms with Crippen molar-refractivity contribution in [3.8, 4) is 0 Å². The Morgan fingerprint density at radius 1 is 1.10 bits per heavy atom. The van der Waals surface area contributed by atoms with Crippen LogP contribution in [0, 0.1) is 23.2 Å². The van der Waals surface area contributed by atoms with Gasteiger partial charge in [0.2, 0.25) is 0 Å². The van der Waals surface area contributed by atoms with Crippen LogP contribution in [-0.2, 0) is 4.79 Å². The maximum absolute atomic E-state index is 11.8. The average molecular weight is 283 g/mol. The lowest BCUT2D eigenvalue weighted by atomic mass is 9.76. The van der Waals surface area contributed by atoms with Crippen LogP contribution in [0.15, 0.2) is 0 Å². The van der Waals surface area contributed by atoms with E-state index in [1.807, 2.05) is 0 Å². The van der Waals surface area contributed by atoms with Gasteiger partial charge in [-0.05, 0) is 43.6 Å². The molecule has 1 fully saturated rings. The molecule has 1 saturated heterocycles. The van der Waals surface area contributed by atoms with Crippen LogP contribution < -0.4 is 0 Å². The lowest BCUT2D eigenvalue weighted by molar-refractivity contribution is -0.151. The first kappa shape index (κ1) is 17.5. The number of aliphatic carboxylic acids is 1. The van der Waals surface area contributed by atoms with E-state index in [1.54, 1.807) is 0 Å². The molecular formula is C17H33NO2. The first-order valence-electron chi connectivity index (χ1n) is 8.16. The van der Waals surface area contributed by atoms with Crippen molar-refractivity contribution < 1.29 is 9.90 Å². The van der Waals surface area contributed by atoms with E-state index in [-0.39, 0.29) is 5.92 Å². The normalized spacial score (nSPS) is 24.5. The van der Waals surface area contributed by atoms with Crippen molar-refractivity contribution in [2.75, 3.05) is 13.1 Å². The lowest BCUT2D eigenvalue weighted by Gasteiger charge is -2.34. The molecule has 3 heteroatoms. The molecule has 0 aromatic heterocycles. The van der Waals surface area contributed by atoms with Gasteiger partial charge in [-0.2, -0.15) is 0 Å². The molecule has 1 heterocycles. The highest BCUT2D eigenvalue weighted by atomic mass is 16.4. The van der Waals surface area contributed by atoms with Crippen molar-refractivity contribution in [2.45, 2.75) is 66.8 Å². The van der Waals surface area contributed by atoms with E-state index in [0.717, 1.165) is 19.5 Å². The zero-order valence-corrected chi connectivity index (χ0v) is 14.1. The van der Waals surface area contributed by atoms with Crippen molar-refractivity contribution in [1.29, 1.82) is 0 Å². The number of hydrogen-bond donors (Lipinski definition) is 1. The Morgan fingerprint density at radius 3 is 1.90 bits per heavy atom. The molecule has 1 atom stereocenters. The maximum atomic E-state index is 11.8. The Bertz CT molecular complexity index is 315. The first-order chi connectivity index (χ1) is 9.19. The predicted molar refractivity (Wildman–Crippen MR) is 83.8 cm³/mol. The summed E-state index contributed by atoms with van der Waals surface area (Å²) in [6, 6.07) is 0.537. The molecule has 0 aromatic carbocycles. The number of hydrogen-bond acceptors (Lipinski definition) is 2. The molecule has 1 aliphatic rings. The number of carboxylic acid groups (broad SMARTS) is 1. The molecule has 118 valence electrons. The quantitative estimate of drug-likeness (QED) is 0.771. The highest BCUT2D eigenvalue weighted by Gasteiger charge is 2.48. The highest BCUT2D eigenvalue weighted by molar-refractivity contribution is 5.75. The summed E-state index contributed by atoms with van der Waals surface area (Å²) in [6.45, 7) is 14.8. The minimum absolute atomic E-state index is 0.198. The third kappa shape index (κ3) is 3.97. The monoisotopic (exact) mass is 283 g/mol. The fraction of sp³-hybridized carbons (Fsp3) is 0.941. The Hall–Kier alpha value is -0.570. The van der Waals surface area contributed by atoms with Gasteiger partial charge in [-0.3, -0.25) is 9.69 Å². The van der Waals surface area contributed by atoms with Crippen LogP contribution in [0.4, 0.5) is 0 Å². The van der Waals surface area contributed by atoms with Gasteiger partial charge in [-0.15, -0.1) is 0 Å². The first-order valence-corrected chi connectivity index (χ1v) is 8.16. The van der Waals surface area contributed by atoms with Gasteiger partial charge in [0.15, 0.2) is 0 Å². The average Bonchev–Trinajstić information content (AvgIpc) is 2.72. The van der Waals surface area contributed by atoms with E-state index in [2.05, 4.69) is 46.4 Å². The van der Waals surface area contributed by atoms with Crippen LogP contribution in [0.25, 0.3) is 0 Å². The maximum Gasteiger partial charge on any atom is 0.311 e. The third-order valence-corrected chi connectivity index (χ3v) is 4.86. The van der Waals surface area contributed by atoms with Crippen molar-refractivity contribution in [1.82, 2.24) is 4.90 Å². The molecular weight excluding hydrogens is 250 g/mol. The molecule has 0 aliphatic carbocycles. The van der Waals surface area contributed by atoms with E-state index < -0.39 is 11.4 Å². The largest absolute Gasteiger partial charge is 0.481 e. The van der Waals surface area contributed by atoms with Gasteiger partial charge < -0.3 is 5.11 Å². The van der Waals surface area contributed by atoms with Gasteiger partial charge in [0.25, 0.3) is 0 Å². The number of likely N-dealkylation sites (tertiary alicyclic amines) is 1. The minimum atomic E-state index is -0.608. The SMILES string of the molecule is CC(C)CC(CC(C)C)N1CCC(C(=O)O)(C(C)C)C1. The summed E-state index contributed by atoms with van der Waals surface area (Å²) >= 11 is 0.